The van der Waals surface area contributed by atoms with Gasteiger partial charge in [0.2, 0.25) is 0 Å². The van der Waals surface area contributed by atoms with E-state index < -0.39 is 0 Å². The van der Waals surface area contributed by atoms with Gasteiger partial charge in [0.15, 0.2) is 17.3 Å². The molecule has 0 aliphatic rings. The van der Waals surface area contributed by atoms with Crippen molar-refractivity contribution in [1.29, 1.82) is 0 Å². The van der Waals surface area contributed by atoms with Gasteiger partial charge in [0.05, 0.1) is 17.0 Å². The van der Waals surface area contributed by atoms with Crippen LogP contribution in [0.25, 0.3) is 0 Å². The third-order valence-corrected chi connectivity index (χ3v) is 4.03. The number of hydrogen-bond acceptors (Lipinski definition) is 4. The highest BCUT2D eigenvalue weighted by Gasteiger charge is 2.26. The number of aromatic hydroxyl groups is 1. The number of ketones is 1. The first-order valence-electron chi connectivity index (χ1n) is 5.82. The highest BCUT2D eigenvalue weighted by molar-refractivity contribution is 9.10. The minimum absolute atomic E-state index is 0.104. The number of rotatable bonds is 5. The van der Waals surface area contributed by atoms with Crippen LogP contribution < -0.4 is 10.5 Å². The van der Waals surface area contributed by atoms with Crippen molar-refractivity contribution < 1.29 is 14.6 Å². The molecule has 0 aliphatic carbocycles. The summed E-state index contributed by atoms with van der Waals surface area (Å²) in [7, 11) is 0. The SMILES string of the molecule is CCOc1ccc(N)c(C(=O)C(Br)C(C)C)c1O. The lowest BCUT2D eigenvalue weighted by molar-refractivity contribution is 0.0975. The molecule has 0 spiro atoms. The molecule has 0 radical (unpaired) electrons. The van der Waals surface area contributed by atoms with E-state index in [1.165, 1.54) is 0 Å². The van der Waals surface area contributed by atoms with Gasteiger partial charge in [-0.25, -0.2) is 0 Å². The topological polar surface area (TPSA) is 72.5 Å². The maximum absolute atomic E-state index is 12.2. The van der Waals surface area contributed by atoms with Crippen LogP contribution in [0.15, 0.2) is 12.1 Å². The van der Waals surface area contributed by atoms with E-state index in [0.717, 1.165) is 0 Å². The molecule has 1 aromatic carbocycles. The van der Waals surface area contributed by atoms with Crippen LogP contribution in [0, 0.1) is 5.92 Å². The van der Waals surface area contributed by atoms with Gasteiger partial charge in [-0.1, -0.05) is 29.8 Å². The molecule has 18 heavy (non-hydrogen) atoms. The number of phenolic OH excluding ortho intramolecular Hbond substituents is 1. The van der Waals surface area contributed by atoms with Crippen LogP contribution in [0.3, 0.4) is 0 Å². The van der Waals surface area contributed by atoms with Crippen molar-refractivity contribution in [3.05, 3.63) is 17.7 Å². The maximum atomic E-state index is 12.2. The summed E-state index contributed by atoms with van der Waals surface area (Å²) in [5, 5.41) is 10.1. The lowest BCUT2D eigenvalue weighted by Crippen LogP contribution is -2.21. The Kier molecular flexibility index (Phi) is 5.02. The van der Waals surface area contributed by atoms with Crippen molar-refractivity contribution in [1.82, 2.24) is 0 Å². The minimum atomic E-state index is -0.387. The zero-order valence-electron chi connectivity index (χ0n) is 10.7. The molecule has 0 fully saturated rings. The van der Waals surface area contributed by atoms with Gasteiger partial charge >= 0.3 is 0 Å². The Bertz CT molecular complexity index is 446. The maximum Gasteiger partial charge on any atom is 0.182 e. The average molecular weight is 316 g/mol. The largest absolute Gasteiger partial charge is 0.504 e. The molecule has 1 unspecified atom stereocenters. The molecule has 0 bridgehead atoms. The van der Waals surface area contributed by atoms with E-state index in [1.807, 2.05) is 13.8 Å². The fraction of sp³-hybridized carbons (Fsp3) is 0.462. The van der Waals surface area contributed by atoms with E-state index in [0.29, 0.717) is 6.61 Å². The summed E-state index contributed by atoms with van der Waals surface area (Å²) in [6.45, 7) is 6.04. The fourth-order valence-corrected chi connectivity index (χ4v) is 1.79. The second kappa shape index (κ2) is 6.09. The number of halogens is 1. The molecular formula is C13H18BrNO3. The molecule has 0 aliphatic heterocycles. The smallest absolute Gasteiger partial charge is 0.182 e. The van der Waals surface area contributed by atoms with Gasteiger partial charge in [0.25, 0.3) is 0 Å². The number of hydrogen-bond donors (Lipinski definition) is 2. The number of alkyl halides is 1. The Balaban J connectivity index is 3.22. The van der Waals surface area contributed by atoms with Crippen LogP contribution in [0.5, 0.6) is 11.5 Å². The number of carbonyl (C=O) groups is 1. The molecule has 4 nitrogen and oxygen atoms in total. The van der Waals surface area contributed by atoms with E-state index in [2.05, 4.69) is 15.9 Å². The molecular weight excluding hydrogens is 298 g/mol. The number of carbonyl (C=O) groups excluding carboxylic acids is 1. The summed E-state index contributed by atoms with van der Waals surface area (Å²) >= 11 is 3.32. The van der Waals surface area contributed by atoms with Crippen molar-refractivity contribution >= 4 is 27.4 Å². The summed E-state index contributed by atoms with van der Waals surface area (Å²) in [5.74, 6) is -0.0425. The second-order valence-electron chi connectivity index (χ2n) is 4.32. The summed E-state index contributed by atoms with van der Waals surface area (Å²) in [4.78, 5) is 11.9. The second-order valence-corrected chi connectivity index (χ2v) is 5.31. The highest BCUT2D eigenvalue weighted by Crippen LogP contribution is 2.36. The molecule has 5 heteroatoms. The summed E-state index contributed by atoms with van der Waals surface area (Å²) < 4.78 is 5.25. The van der Waals surface area contributed by atoms with E-state index in [9.17, 15) is 9.90 Å². The molecule has 0 aromatic heterocycles. The monoisotopic (exact) mass is 315 g/mol. The van der Waals surface area contributed by atoms with Gasteiger partial charge in [-0.2, -0.15) is 0 Å². The van der Waals surface area contributed by atoms with E-state index in [4.69, 9.17) is 10.5 Å². The Hall–Kier alpha value is -1.23. The van der Waals surface area contributed by atoms with Crippen LogP contribution in [-0.4, -0.2) is 22.3 Å². The third-order valence-electron chi connectivity index (χ3n) is 2.56. The molecule has 0 saturated carbocycles. The van der Waals surface area contributed by atoms with E-state index >= 15 is 0 Å². The fourth-order valence-electron chi connectivity index (χ4n) is 1.56. The van der Waals surface area contributed by atoms with Crippen LogP contribution in [0.4, 0.5) is 5.69 Å². The first-order chi connectivity index (χ1) is 8.40. The van der Waals surface area contributed by atoms with Crippen LogP contribution in [-0.2, 0) is 0 Å². The molecule has 0 amide bonds. The molecule has 0 heterocycles. The highest BCUT2D eigenvalue weighted by atomic mass is 79.9. The quantitative estimate of drug-likeness (QED) is 0.498. The average Bonchev–Trinajstić information content (AvgIpc) is 2.31. The lowest BCUT2D eigenvalue weighted by atomic mass is 9.98. The van der Waals surface area contributed by atoms with Crippen molar-refractivity contribution in [2.75, 3.05) is 12.3 Å². The molecule has 0 saturated heterocycles. The molecule has 1 atom stereocenters. The number of anilines is 1. The lowest BCUT2D eigenvalue weighted by Gasteiger charge is -2.16. The zero-order chi connectivity index (χ0) is 13.9. The number of nitrogens with two attached hydrogens (primary N) is 1. The first-order valence-corrected chi connectivity index (χ1v) is 6.74. The number of Topliss-reactive ketones (excluding diaryl/α,β-unsaturated/α-hetero) is 1. The normalized spacial score (nSPS) is 12.5. The van der Waals surface area contributed by atoms with Gasteiger partial charge in [-0.05, 0) is 25.0 Å². The summed E-state index contributed by atoms with van der Waals surface area (Å²) in [5.41, 5.74) is 6.15. The van der Waals surface area contributed by atoms with Gasteiger partial charge in [-0.15, -0.1) is 0 Å². The van der Waals surface area contributed by atoms with Gasteiger partial charge < -0.3 is 15.6 Å². The van der Waals surface area contributed by atoms with Crippen molar-refractivity contribution in [3.8, 4) is 11.5 Å². The standard InChI is InChI=1S/C13H18BrNO3/c1-4-18-9-6-5-8(15)10(12(9)16)13(17)11(14)7(2)3/h5-7,11,16H,4,15H2,1-3H3. The van der Waals surface area contributed by atoms with Crippen LogP contribution in [0.1, 0.15) is 31.1 Å². The van der Waals surface area contributed by atoms with Crippen molar-refractivity contribution in [2.24, 2.45) is 5.92 Å². The zero-order valence-corrected chi connectivity index (χ0v) is 12.3. The molecule has 1 rings (SSSR count). The first kappa shape index (κ1) is 14.8. The summed E-state index contributed by atoms with van der Waals surface area (Å²) in [6.07, 6.45) is 0. The summed E-state index contributed by atoms with van der Waals surface area (Å²) in [6, 6.07) is 3.13. The molecule has 100 valence electrons. The Morgan fingerprint density at radius 3 is 2.61 bits per heavy atom. The Morgan fingerprint density at radius 1 is 1.50 bits per heavy atom. The van der Waals surface area contributed by atoms with Gasteiger partial charge in [-0.3, -0.25) is 4.79 Å². The molecule has 1 aromatic rings. The van der Waals surface area contributed by atoms with Gasteiger partial charge in [0, 0.05) is 5.69 Å². The van der Waals surface area contributed by atoms with E-state index in [1.54, 1.807) is 19.1 Å². The van der Waals surface area contributed by atoms with Crippen LogP contribution in [0.2, 0.25) is 0 Å². The number of benzene rings is 1. The third kappa shape index (κ3) is 2.96. The van der Waals surface area contributed by atoms with Crippen LogP contribution >= 0.6 is 15.9 Å². The predicted octanol–water partition coefficient (Wildman–Crippen LogP) is 2.98. The number of nitrogen functional groups attached to an aromatic ring is 1. The Labute approximate surface area is 115 Å². The number of ether oxygens (including phenoxy) is 1. The Morgan fingerprint density at radius 2 is 2.11 bits per heavy atom. The van der Waals surface area contributed by atoms with Crippen molar-refractivity contribution in [2.45, 2.75) is 25.6 Å². The predicted molar refractivity (Wildman–Crippen MR) is 75.6 cm³/mol. The van der Waals surface area contributed by atoms with Gasteiger partial charge in [0.1, 0.15) is 0 Å². The molecule has 3 N–H and O–H groups in total. The number of phenols is 1. The van der Waals surface area contributed by atoms with Crippen molar-refractivity contribution in [3.63, 3.8) is 0 Å². The van der Waals surface area contributed by atoms with E-state index in [-0.39, 0.29) is 39.3 Å². The minimum Gasteiger partial charge on any atom is -0.504 e.